The van der Waals surface area contributed by atoms with Crippen molar-refractivity contribution in [1.29, 1.82) is 0 Å². The average Bonchev–Trinajstić information content (AvgIpc) is 2.86. The highest BCUT2D eigenvalue weighted by atomic mass is 19.1. The van der Waals surface area contributed by atoms with Crippen LogP contribution in [0.5, 0.6) is 11.5 Å². The molecule has 0 radical (unpaired) electrons. The maximum atomic E-state index is 13.4. The van der Waals surface area contributed by atoms with E-state index in [9.17, 15) is 14.0 Å². The number of carbonyl (C=O) groups excluding carboxylic acids is 2. The molecule has 3 aromatic carbocycles. The van der Waals surface area contributed by atoms with Gasteiger partial charge in [0.2, 0.25) is 11.8 Å². The number of hydrogen-bond acceptors (Lipinski definition) is 4. The third-order valence-electron chi connectivity index (χ3n) is 5.55. The number of ether oxygens (including phenoxy) is 2. The summed E-state index contributed by atoms with van der Waals surface area (Å²) in [5, 5.41) is 2.90. The fourth-order valence-corrected chi connectivity index (χ4v) is 3.57. The van der Waals surface area contributed by atoms with Crippen LogP contribution in [0.2, 0.25) is 0 Å². The fraction of sp³-hybridized carbons (Fsp3) is 0.259. The van der Waals surface area contributed by atoms with E-state index in [2.05, 4.69) is 5.32 Å². The number of hydrogen-bond donors (Lipinski definition) is 1. The normalized spacial score (nSPS) is 11.4. The van der Waals surface area contributed by atoms with Crippen LogP contribution in [0.4, 0.5) is 4.39 Å². The minimum absolute atomic E-state index is 0.0673. The van der Waals surface area contributed by atoms with E-state index in [1.54, 1.807) is 44.4 Å². The molecule has 6 nitrogen and oxygen atoms in total. The summed E-state index contributed by atoms with van der Waals surface area (Å²) in [6, 6.07) is 20.0. The molecule has 7 heteroatoms. The van der Waals surface area contributed by atoms with Crippen LogP contribution in [0.25, 0.3) is 0 Å². The molecule has 0 heterocycles. The number of rotatable bonds is 10. The van der Waals surface area contributed by atoms with Crippen molar-refractivity contribution in [2.75, 3.05) is 14.2 Å². The largest absolute Gasteiger partial charge is 0.493 e. The van der Waals surface area contributed by atoms with Crippen LogP contribution >= 0.6 is 0 Å². The molecule has 0 aliphatic heterocycles. The second-order valence-electron chi connectivity index (χ2n) is 7.89. The summed E-state index contributed by atoms with van der Waals surface area (Å²) in [7, 11) is 3.08. The molecule has 178 valence electrons. The predicted molar refractivity (Wildman–Crippen MR) is 128 cm³/mol. The van der Waals surface area contributed by atoms with Crippen LogP contribution in [0, 0.1) is 5.82 Å². The molecule has 0 aliphatic carbocycles. The maximum absolute atomic E-state index is 13.4. The molecule has 2 amide bonds. The van der Waals surface area contributed by atoms with Gasteiger partial charge in [-0.05, 0) is 47.9 Å². The Hall–Kier alpha value is -3.87. The molecule has 3 aromatic rings. The van der Waals surface area contributed by atoms with Gasteiger partial charge in [0.25, 0.3) is 0 Å². The Morgan fingerprint density at radius 1 is 0.882 bits per heavy atom. The van der Waals surface area contributed by atoms with E-state index >= 15 is 0 Å². The molecule has 0 aliphatic rings. The fourth-order valence-electron chi connectivity index (χ4n) is 3.57. The zero-order chi connectivity index (χ0) is 24.5. The number of carbonyl (C=O) groups is 2. The third kappa shape index (κ3) is 6.57. The molecule has 0 fully saturated rings. The highest BCUT2D eigenvalue weighted by molar-refractivity contribution is 5.88. The van der Waals surface area contributed by atoms with Crippen LogP contribution < -0.4 is 14.8 Å². The van der Waals surface area contributed by atoms with Crippen molar-refractivity contribution in [3.8, 4) is 11.5 Å². The lowest BCUT2D eigenvalue weighted by Crippen LogP contribution is -2.48. The predicted octanol–water partition coefficient (Wildman–Crippen LogP) is 4.12. The summed E-state index contributed by atoms with van der Waals surface area (Å²) < 4.78 is 24.0. The van der Waals surface area contributed by atoms with Gasteiger partial charge in [0.15, 0.2) is 11.5 Å². The summed E-state index contributed by atoms with van der Waals surface area (Å²) in [4.78, 5) is 27.8. The second kappa shape index (κ2) is 11.8. The number of nitrogens with zero attached hydrogens (tertiary/aromatic N) is 1. The third-order valence-corrected chi connectivity index (χ3v) is 5.55. The highest BCUT2D eigenvalue weighted by Crippen LogP contribution is 2.28. The zero-order valence-electron chi connectivity index (χ0n) is 19.6. The first-order valence-corrected chi connectivity index (χ1v) is 11.0. The van der Waals surface area contributed by atoms with Crippen LogP contribution in [0.3, 0.4) is 0 Å². The summed E-state index contributed by atoms with van der Waals surface area (Å²) in [5.41, 5.74) is 2.42. The van der Waals surface area contributed by atoms with Crippen LogP contribution in [-0.4, -0.2) is 37.0 Å². The monoisotopic (exact) mass is 464 g/mol. The van der Waals surface area contributed by atoms with Crippen molar-refractivity contribution in [2.45, 2.75) is 32.5 Å². The van der Waals surface area contributed by atoms with Gasteiger partial charge in [-0.2, -0.15) is 0 Å². The molecule has 34 heavy (non-hydrogen) atoms. The summed E-state index contributed by atoms with van der Waals surface area (Å²) >= 11 is 0. The molecule has 0 aromatic heterocycles. The van der Waals surface area contributed by atoms with Gasteiger partial charge in [0, 0.05) is 13.1 Å². The van der Waals surface area contributed by atoms with E-state index in [0.717, 1.165) is 16.7 Å². The molecule has 0 spiro atoms. The van der Waals surface area contributed by atoms with Crippen molar-refractivity contribution in [3.63, 3.8) is 0 Å². The Balaban J connectivity index is 1.78. The van der Waals surface area contributed by atoms with E-state index < -0.39 is 6.04 Å². The Bertz CT molecular complexity index is 1100. The lowest BCUT2D eigenvalue weighted by Gasteiger charge is -2.29. The Morgan fingerprint density at radius 3 is 2.18 bits per heavy atom. The number of nitrogens with one attached hydrogen (secondary N) is 1. The summed E-state index contributed by atoms with van der Waals surface area (Å²) in [6.07, 6.45) is 0.0673. The van der Waals surface area contributed by atoms with Crippen molar-refractivity contribution in [3.05, 3.63) is 95.3 Å². The minimum atomic E-state index is -0.735. The van der Waals surface area contributed by atoms with Crippen molar-refractivity contribution in [1.82, 2.24) is 10.2 Å². The SMILES string of the molecule is COc1ccc(CC(=O)N(Cc2ccc(F)cc2)[C@H](C)C(=O)NCc2ccccc2)cc1OC. The average molecular weight is 465 g/mol. The summed E-state index contributed by atoms with van der Waals surface area (Å²) in [6.45, 7) is 2.22. The first-order chi connectivity index (χ1) is 16.4. The zero-order valence-corrected chi connectivity index (χ0v) is 19.6. The van der Waals surface area contributed by atoms with E-state index in [1.165, 1.54) is 24.1 Å². The lowest BCUT2D eigenvalue weighted by atomic mass is 10.1. The smallest absolute Gasteiger partial charge is 0.242 e. The van der Waals surface area contributed by atoms with Crippen LogP contribution in [-0.2, 0) is 29.1 Å². The second-order valence-corrected chi connectivity index (χ2v) is 7.89. The maximum Gasteiger partial charge on any atom is 0.242 e. The van der Waals surface area contributed by atoms with E-state index in [4.69, 9.17) is 9.47 Å². The van der Waals surface area contributed by atoms with Crippen LogP contribution in [0.1, 0.15) is 23.6 Å². The van der Waals surface area contributed by atoms with Gasteiger partial charge in [-0.1, -0.05) is 48.5 Å². The van der Waals surface area contributed by atoms with E-state index in [0.29, 0.717) is 18.0 Å². The quantitative estimate of drug-likeness (QED) is 0.490. The first kappa shape index (κ1) is 24.8. The Kier molecular flexibility index (Phi) is 8.62. The Morgan fingerprint density at radius 2 is 1.53 bits per heavy atom. The van der Waals surface area contributed by atoms with Crippen molar-refractivity contribution >= 4 is 11.8 Å². The standard InChI is InChI=1S/C27H29FN2O4/c1-19(27(32)29-17-20-7-5-4-6-8-20)30(18-21-9-12-23(28)13-10-21)26(31)16-22-11-14-24(33-2)25(15-22)34-3/h4-15,19H,16-18H2,1-3H3,(H,29,32)/t19-/m1/s1. The first-order valence-electron chi connectivity index (χ1n) is 11.0. The molecule has 0 bridgehead atoms. The van der Waals surface area contributed by atoms with E-state index in [-0.39, 0.29) is 30.6 Å². The van der Waals surface area contributed by atoms with Crippen molar-refractivity contribution in [2.24, 2.45) is 0 Å². The number of methoxy groups -OCH3 is 2. The topological polar surface area (TPSA) is 67.9 Å². The summed E-state index contributed by atoms with van der Waals surface area (Å²) in [5.74, 6) is 0.216. The number of amides is 2. The van der Waals surface area contributed by atoms with Gasteiger partial charge in [-0.3, -0.25) is 9.59 Å². The molecular weight excluding hydrogens is 435 g/mol. The van der Waals surface area contributed by atoms with Gasteiger partial charge in [0.05, 0.1) is 20.6 Å². The number of benzene rings is 3. The van der Waals surface area contributed by atoms with Gasteiger partial charge in [-0.25, -0.2) is 4.39 Å². The lowest BCUT2D eigenvalue weighted by molar-refractivity contribution is -0.140. The molecular formula is C27H29FN2O4. The minimum Gasteiger partial charge on any atom is -0.493 e. The van der Waals surface area contributed by atoms with Gasteiger partial charge in [-0.15, -0.1) is 0 Å². The molecule has 0 saturated heterocycles. The molecule has 1 N–H and O–H groups in total. The van der Waals surface area contributed by atoms with Gasteiger partial charge >= 0.3 is 0 Å². The molecule has 1 atom stereocenters. The van der Waals surface area contributed by atoms with Crippen LogP contribution in [0.15, 0.2) is 72.8 Å². The number of halogens is 1. The van der Waals surface area contributed by atoms with E-state index in [1.807, 2.05) is 30.3 Å². The van der Waals surface area contributed by atoms with Crippen molar-refractivity contribution < 1.29 is 23.5 Å². The molecule has 3 rings (SSSR count). The molecule has 0 unspecified atom stereocenters. The van der Waals surface area contributed by atoms with Gasteiger partial charge < -0.3 is 19.7 Å². The highest BCUT2D eigenvalue weighted by Gasteiger charge is 2.26. The molecule has 0 saturated carbocycles. The van der Waals surface area contributed by atoms with Gasteiger partial charge in [0.1, 0.15) is 11.9 Å². The Labute approximate surface area is 199 Å².